The van der Waals surface area contributed by atoms with Crippen molar-refractivity contribution in [1.29, 1.82) is 0 Å². The van der Waals surface area contributed by atoms with E-state index in [0.29, 0.717) is 6.04 Å². The third kappa shape index (κ3) is 1.26. The highest BCUT2D eigenvalue weighted by atomic mass is 16.1. The number of amides is 1. The van der Waals surface area contributed by atoms with Gasteiger partial charge in [-0.05, 0) is 30.8 Å². The average Bonchev–Trinajstić information content (AvgIpc) is 2.80. The van der Waals surface area contributed by atoms with Crippen molar-refractivity contribution in [3.8, 4) is 0 Å². The van der Waals surface area contributed by atoms with Gasteiger partial charge in [0.05, 0.1) is 0 Å². The maximum absolute atomic E-state index is 11.0. The molecule has 1 N–H and O–H groups in total. The van der Waals surface area contributed by atoms with Crippen LogP contribution in [0, 0.1) is 11.8 Å². The smallest absolute Gasteiger partial charge is 0.243 e. The first-order valence-electron chi connectivity index (χ1n) is 4.76. The summed E-state index contributed by atoms with van der Waals surface area (Å²) in [7, 11) is 0. The van der Waals surface area contributed by atoms with Gasteiger partial charge in [0, 0.05) is 6.04 Å². The molecule has 2 atom stereocenters. The molecular weight excluding hydrogens is 150 g/mol. The quantitative estimate of drug-likeness (QED) is 0.617. The molecule has 2 aliphatic rings. The number of carbonyl (C=O) groups excluding carboxylic acids is 1. The molecule has 0 aliphatic heterocycles. The molecule has 2 fully saturated rings. The lowest BCUT2D eigenvalue weighted by Crippen LogP contribution is -2.25. The second-order valence-electron chi connectivity index (χ2n) is 3.85. The number of nitrogens with one attached hydrogen (secondary N) is 1. The van der Waals surface area contributed by atoms with Crippen LogP contribution in [0.1, 0.15) is 25.7 Å². The largest absolute Gasteiger partial charge is 0.349 e. The van der Waals surface area contributed by atoms with E-state index in [2.05, 4.69) is 11.9 Å². The molecule has 0 heterocycles. The fourth-order valence-corrected chi connectivity index (χ4v) is 2.43. The molecule has 2 nitrogen and oxygen atoms in total. The van der Waals surface area contributed by atoms with Crippen LogP contribution < -0.4 is 5.32 Å². The molecule has 0 spiro atoms. The fraction of sp³-hybridized carbons (Fsp3) is 0.700. The molecule has 2 unspecified atom stereocenters. The maximum atomic E-state index is 11.0. The van der Waals surface area contributed by atoms with Crippen LogP contribution in [0.4, 0.5) is 0 Å². The first kappa shape index (κ1) is 7.84. The first-order chi connectivity index (χ1) is 5.83. The van der Waals surface area contributed by atoms with Crippen molar-refractivity contribution in [1.82, 2.24) is 5.32 Å². The molecule has 0 aromatic rings. The summed E-state index contributed by atoms with van der Waals surface area (Å²) < 4.78 is 0. The minimum atomic E-state index is -0.00519. The van der Waals surface area contributed by atoms with Gasteiger partial charge in [-0.3, -0.25) is 4.79 Å². The predicted octanol–water partition coefficient (Wildman–Crippen LogP) is 1.48. The molecule has 2 rings (SSSR count). The van der Waals surface area contributed by atoms with Gasteiger partial charge in [-0.25, -0.2) is 0 Å². The monoisotopic (exact) mass is 165 g/mol. The van der Waals surface area contributed by atoms with Crippen LogP contribution in [0.5, 0.6) is 0 Å². The van der Waals surface area contributed by atoms with Crippen molar-refractivity contribution in [2.45, 2.75) is 31.7 Å². The number of rotatable bonds is 2. The van der Waals surface area contributed by atoms with E-state index in [1.807, 2.05) is 0 Å². The van der Waals surface area contributed by atoms with Gasteiger partial charge in [-0.1, -0.05) is 19.4 Å². The van der Waals surface area contributed by atoms with E-state index in [1.165, 1.54) is 31.8 Å². The summed E-state index contributed by atoms with van der Waals surface area (Å²) in [5.41, 5.74) is 0. The maximum Gasteiger partial charge on any atom is 0.243 e. The van der Waals surface area contributed by atoms with Crippen molar-refractivity contribution in [2.75, 3.05) is 0 Å². The molecule has 0 bridgehead atoms. The van der Waals surface area contributed by atoms with Crippen LogP contribution in [0.15, 0.2) is 12.7 Å². The highest BCUT2D eigenvalue weighted by molar-refractivity contribution is 5.87. The Morgan fingerprint density at radius 2 is 1.92 bits per heavy atom. The van der Waals surface area contributed by atoms with E-state index >= 15 is 0 Å². The summed E-state index contributed by atoms with van der Waals surface area (Å²) in [6.07, 6.45) is 6.69. The number of hydrogen-bond donors (Lipinski definition) is 1. The van der Waals surface area contributed by atoms with Crippen LogP contribution in [0.3, 0.4) is 0 Å². The van der Waals surface area contributed by atoms with Gasteiger partial charge in [-0.2, -0.15) is 0 Å². The van der Waals surface area contributed by atoms with E-state index in [0.717, 1.165) is 11.8 Å². The van der Waals surface area contributed by atoms with Crippen molar-refractivity contribution in [3.63, 3.8) is 0 Å². The Balaban J connectivity index is 1.84. The van der Waals surface area contributed by atoms with Gasteiger partial charge < -0.3 is 5.32 Å². The summed E-state index contributed by atoms with van der Waals surface area (Å²) in [5, 5.41) is 2.99. The minimum Gasteiger partial charge on any atom is -0.349 e. The zero-order valence-electron chi connectivity index (χ0n) is 7.25. The molecule has 66 valence electrons. The number of hydrogen-bond acceptors (Lipinski definition) is 1. The lowest BCUT2D eigenvalue weighted by atomic mass is 10.0. The lowest BCUT2D eigenvalue weighted by molar-refractivity contribution is -0.116. The molecule has 0 aromatic carbocycles. The Hall–Kier alpha value is -0.790. The molecule has 12 heavy (non-hydrogen) atoms. The van der Waals surface area contributed by atoms with E-state index in [9.17, 15) is 4.79 Å². The van der Waals surface area contributed by atoms with Crippen molar-refractivity contribution >= 4 is 5.91 Å². The Labute approximate surface area is 73.0 Å². The zero-order valence-corrected chi connectivity index (χ0v) is 7.25. The molecular formula is C10H15NO. The summed E-state index contributed by atoms with van der Waals surface area (Å²) >= 11 is 0. The van der Waals surface area contributed by atoms with Crippen LogP contribution in [-0.4, -0.2) is 11.9 Å². The first-order valence-corrected chi connectivity index (χ1v) is 4.76. The fourth-order valence-electron chi connectivity index (χ4n) is 2.43. The normalized spacial score (nSPS) is 38.2. The number of carbonyl (C=O) groups is 1. The Bertz CT molecular complexity index is 200. The molecule has 2 saturated carbocycles. The Morgan fingerprint density at radius 3 is 2.42 bits per heavy atom. The van der Waals surface area contributed by atoms with Gasteiger partial charge >= 0.3 is 0 Å². The molecule has 0 radical (unpaired) electrons. The zero-order chi connectivity index (χ0) is 8.55. The van der Waals surface area contributed by atoms with E-state index < -0.39 is 0 Å². The van der Waals surface area contributed by atoms with Crippen LogP contribution in [0.25, 0.3) is 0 Å². The Kier molecular flexibility index (Phi) is 1.91. The SMILES string of the molecule is C=CC(=O)NC1C2CCCCC21. The van der Waals surface area contributed by atoms with Gasteiger partial charge in [0.2, 0.25) is 5.91 Å². The van der Waals surface area contributed by atoms with Gasteiger partial charge in [0.25, 0.3) is 0 Å². The standard InChI is InChI=1S/C10H15NO/c1-2-9(12)11-10-7-5-3-4-6-8(7)10/h2,7-8,10H,1,3-6H2,(H,11,12). The predicted molar refractivity (Wildman–Crippen MR) is 47.6 cm³/mol. The van der Waals surface area contributed by atoms with E-state index in [-0.39, 0.29) is 5.91 Å². The lowest BCUT2D eigenvalue weighted by Gasteiger charge is -2.04. The minimum absolute atomic E-state index is 0.00519. The highest BCUT2D eigenvalue weighted by Crippen LogP contribution is 2.49. The van der Waals surface area contributed by atoms with Crippen LogP contribution in [0.2, 0.25) is 0 Å². The number of fused-ring (bicyclic) bond motifs is 1. The summed E-state index contributed by atoms with van der Waals surface area (Å²) in [6, 6.07) is 0.484. The van der Waals surface area contributed by atoms with Gasteiger partial charge in [0.15, 0.2) is 0 Å². The average molecular weight is 165 g/mol. The molecule has 0 saturated heterocycles. The summed E-state index contributed by atoms with van der Waals surface area (Å²) in [6.45, 7) is 3.45. The third-order valence-electron chi connectivity index (χ3n) is 3.15. The topological polar surface area (TPSA) is 29.1 Å². The van der Waals surface area contributed by atoms with E-state index in [4.69, 9.17) is 0 Å². The van der Waals surface area contributed by atoms with Crippen LogP contribution >= 0.6 is 0 Å². The van der Waals surface area contributed by atoms with Gasteiger partial charge in [0.1, 0.15) is 0 Å². The third-order valence-corrected chi connectivity index (χ3v) is 3.15. The molecule has 0 aromatic heterocycles. The molecule has 2 aliphatic carbocycles. The van der Waals surface area contributed by atoms with Crippen molar-refractivity contribution in [3.05, 3.63) is 12.7 Å². The summed E-state index contributed by atoms with van der Waals surface area (Å²) in [5.74, 6) is 1.58. The van der Waals surface area contributed by atoms with Crippen molar-refractivity contribution in [2.24, 2.45) is 11.8 Å². The van der Waals surface area contributed by atoms with Crippen LogP contribution in [-0.2, 0) is 4.79 Å². The van der Waals surface area contributed by atoms with Gasteiger partial charge in [-0.15, -0.1) is 0 Å². The molecule has 2 heteroatoms. The highest BCUT2D eigenvalue weighted by Gasteiger charge is 2.50. The van der Waals surface area contributed by atoms with E-state index in [1.54, 1.807) is 0 Å². The second kappa shape index (κ2) is 2.92. The summed E-state index contributed by atoms with van der Waals surface area (Å²) in [4.78, 5) is 11.0. The molecule has 1 amide bonds. The second-order valence-corrected chi connectivity index (χ2v) is 3.85. The Morgan fingerprint density at radius 1 is 1.33 bits per heavy atom. The van der Waals surface area contributed by atoms with Crippen molar-refractivity contribution < 1.29 is 4.79 Å².